The Morgan fingerprint density at radius 2 is 1.81 bits per heavy atom. The predicted molar refractivity (Wildman–Crippen MR) is 96.8 cm³/mol. The minimum absolute atomic E-state index is 0.0835. The Balaban J connectivity index is 2.26. The third-order valence-corrected chi connectivity index (χ3v) is 3.67. The average molecular weight is 395 g/mol. The summed E-state index contributed by atoms with van der Waals surface area (Å²) in [5.41, 5.74) is 0.787. The SMILES string of the molecule is CCOC(=O)c1nnn(CC(=O)Nc2cc(Cl)ccc2C)c1C(=O)OCC. The van der Waals surface area contributed by atoms with Gasteiger partial charge in [-0.1, -0.05) is 22.9 Å². The maximum Gasteiger partial charge on any atom is 0.361 e. The van der Waals surface area contributed by atoms with Crippen molar-refractivity contribution in [1.82, 2.24) is 15.0 Å². The highest BCUT2D eigenvalue weighted by molar-refractivity contribution is 6.31. The van der Waals surface area contributed by atoms with Crippen LogP contribution in [0.2, 0.25) is 5.02 Å². The van der Waals surface area contributed by atoms with Crippen molar-refractivity contribution in [2.45, 2.75) is 27.3 Å². The predicted octanol–water partition coefficient (Wildman–Crippen LogP) is 2.23. The minimum atomic E-state index is -0.822. The van der Waals surface area contributed by atoms with Crippen molar-refractivity contribution >= 4 is 35.1 Å². The van der Waals surface area contributed by atoms with E-state index in [0.29, 0.717) is 10.7 Å². The van der Waals surface area contributed by atoms with Gasteiger partial charge in [-0.05, 0) is 38.5 Å². The molecule has 0 atom stereocenters. The van der Waals surface area contributed by atoms with E-state index < -0.39 is 17.8 Å². The highest BCUT2D eigenvalue weighted by Gasteiger charge is 2.28. The van der Waals surface area contributed by atoms with Crippen molar-refractivity contribution < 1.29 is 23.9 Å². The molecule has 144 valence electrons. The number of amides is 1. The number of hydrogen-bond acceptors (Lipinski definition) is 7. The lowest BCUT2D eigenvalue weighted by Gasteiger charge is -2.10. The Morgan fingerprint density at radius 1 is 1.15 bits per heavy atom. The lowest BCUT2D eigenvalue weighted by atomic mass is 10.2. The molecule has 2 aromatic rings. The maximum absolute atomic E-state index is 12.4. The van der Waals surface area contributed by atoms with Gasteiger partial charge >= 0.3 is 11.9 Å². The van der Waals surface area contributed by atoms with E-state index in [1.54, 1.807) is 32.0 Å². The zero-order valence-electron chi connectivity index (χ0n) is 15.1. The number of benzene rings is 1. The number of ether oxygens (including phenoxy) is 2. The molecule has 27 heavy (non-hydrogen) atoms. The Kier molecular flexibility index (Phi) is 6.89. The molecule has 1 aromatic carbocycles. The summed E-state index contributed by atoms with van der Waals surface area (Å²) >= 11 is 5.94. The minimum Gasteiger partial charge on any atom is -0.461 e. The average Bonchev–Trinajstić information content (AvgIpc) is 3.02. The summed E-state index contributed by atoms with van der Waals surface area (Å²) < 4.78 is 10.8. The van der Waals surface area contributed by atoms with Crippen LogP contribution in [0.1, 0.15) is 40.4 Å². The zero-order chi connectivity index (χ0) is 20.0. The summed E-state index contributed by atoms with van der Waals surface area (Å²) in [6, 6.07) is 5.07. The topological polar surface area (TPSA) is 112 Å². The number of aromatic nitrogens is 3. The molecule has 9 nitrogen and oxygen atoms in total. The molecule has 0 saturated heterocycles. The normalized spacial score (nSPS) is 10.4. The van der Waals surface area contributed by atoms with Crippen molar-refractivity contribution in [3.05, 3.63) is 40.2 Å². The molecular weight excluding hydrogens is 376 g/mol. The largest absolute Gasteiger partial charge is 0.461 e. The molecule has 0 radical (unpaired) electrons. The van der Waals surface area contributed by atoms with Crippen molar-refractivity contribution in [1.29, 1.82) is 0 Å². The molecule has 2 rings (SSSR count). The molecule has 0 bridgehead atoms. The van der Waals surface area contributed by atoms with E-state index >= 15 is 0 Å². The van der Waals surface area contributed by atoms with E-state index in [9.17, 15) is 14.4 Å². The molecule has 0 unspecified atom stereocenters. The standard InChI is InChI=1S/C17H19ClN4O5/c1-4-26-16(24)14-15(17(25)27-5-2)22(21-20-14)9-13(23)19-12-8-11(18)7-6-10(12)3/h6-8H,4-5,9H2,1-3H3,(H,19,23). The van der Waals surface area contributed by atoms with E-state index in [0.717, 1.165) is 10.2 Å². The highest BCUT2D eigenvalue weighted by atomic mass is 35.5. The van der Waals surface area contributed by atoms with Crippen LogP contribution < -0.4 is 5.32 Å². The summed E-state index contributed by atoms with van der Waals surface area (Å²) in [5.74, 6) is -2.12. The summed E-state index contributed by atoms with van der Waals surface area (Å²) in [5, 5.41) is 10.5. The number of carbonyl (C=O) groups is 3. The van der Waals surface area contributed by atoms with E-state index in [1.165, 1.54) is 0 Å². The molecule has 0 fully saturated rings. The molecular formula is C17H19ClN4O5. The van der Waals surface area contributed by atoms with Gasteiger partial charge in [0.05, 0.1) is 13.2 Å². The van der Waals surface area contributed by atoms with Gasteiger partial charge in [0.1, 0.15) is 6.54 Å². The van der Waals surface area contributed by atoms with E-state index in [2.05, 4.69) is 15.6 Å². The Bertz CT molecular complexity index is 865. The first-order valence-electron chi connectivity index (χ1n) is 8.21. The monoisotopic (exact) mass is 394 g/mol. The molecule has 0 saturated carbocycles. The second kappa shape index (κ2) is 9.13. The highest BCUT2D eigenvalue weighted by Crippen LogP contribution is 2.20. The smallest absolute Gasteiger partial charge is 0.361 e. The van der Waals surface area contributed by atoms with Gasteiger partial charge in [0, 0.05) is 10.7 Å². The number of carbonyl (C=O) groups excluding carboxylic acids is 3. The molecule has 1 aromatic heterocycles. The number of halogens is 1. The lowest BCUT2D eigenvalue weighted by molar-refractivity contribution is -0.117. The number of rotatable bonds is 7. The molecule has 1 amide bonds. The van der Waals surface area contributed by atoms with Crippen LogP contribution in [0.5, 0.6) is 0 Å². The van der Waals surface area contributed by atoms with Crippen LogP contribution in [0, 0.1) is 6.92 Å². The summed E-state index contributed by atoms with van der Waals surface area (Å²) in [4.78, 5) is 36.6. The van der Waals surface area contributed by atoms with Crippen LogP contribution in [0.3, 0.4) is 0 Å². The van der Waals surface area contributed by atoms with Crippen molar-refractivity contribution in [3.8, 4) is 0 Å². The molecule has 1 N–H and O–H groups in total. The maximum atomic E-state index is 12.4. The first kappa shape index (κ1) is 20.4. The lowest BCUT2D eigenvalue weighted by Crippen LogP contribution is -2.24. The van der Waals surface area contributed by atoms with Gasteiger partial charge in [-0.15, -0.1) is 5.10 Å². The summed E-state index contributed by atoms with van der Waals surface area (Å²) in [7, 11) is 0. The number of nitrogens with zero attached hydrogens (tertiary/aromatic N) is 3. The zero-order valence-corrected chi connectivity index (χ0v) is 15.9. The fourth-order valence-electron chi connectivity index (χ4n) is 2.22. The van der Waals surface area contributed by atoms with Crippen molar-refractivity contribution in [2.75, 3.05) is 18.5 Å². The van der Waals surface area contributed by atoms with E-state index in [-0.39, 0.29) is 31.1 Å². The quantitative estimate of drug-likeness (QED) is 0.716. The second-order valence-corrected chi connectivity index (χ2v) is 5.83. The Labute approximate surface area is 160 Å². The second-order valence-electron chi connectivity index (χ2n) is 5.39. The molecule has 1 heterocycles. The summed E-state index contributed by atoms with van der Waals surface area (Å²) in [6.45, 7) is 4.87. The van der Waals surface area contributed by atoms with Crippen LogP contribution in [0.15, 0.2) is 18.2 Å². The Morgan fingerprint density at radius 3 is 2.48 bits per heavy atom. The number of hydrogen-bond donors (Lipinski definition) is 1. The van der Waals surface area contributed by atoms with E-state index in [4.69, 9.17) is 21.1 Å². The van der Waals surface area contributed by atoms with Crippen LogP contribution in [0.4, 0.5) is 5.69 Å². The van der Waals surface area contributed by atoms with Gasteiger partial charge < -0.3 is 14.8 Å². The number of aryl methyl sites for hydroxylation is 1. The van der Waals surface area contributed by atoms with Crippen molar-refractivity contribution in [3.63, 3.8) is 0 Å². The molecule has 0 spiro atoms. The van der Waals surface area contributed by atoms with Crippen LogP contribution in [-0.2, 0) is 20.8 Å². The fourth-order valence-corrected chi connectivity index (χ4v) is 2.39. The van der Waals surface area contributed by atoms with Crippen LogP contribution >= 0.6 is 11.6 Å². The molecule has 0 aliphatic heterocycles. The molecule has 10 heteroatoms. The van der Waals surface area contributed by atoms with Gasteiger partial charge in [0.15, 0.2) is 5.69 Å². The molecule has 0 aliphatic carbocycles. The van der Waals surface area contributed by atoms with Gasteiger partial charge in [-0.3, -0.25) is 4.79 Å². The van der Waals surface area contributed by atoms with E-state index in [1.807, 2.05) is 6.92 Å². The number of esters is 2. The summed E-state index contributed by atoms with van der Waals surface area (Å²) in [6.07, 6.45) is 0. The first-order chi connectivity index (χ1) is 12.9. The van der Waals surface area contributed by atoms with Gasteiger partial charge in [-0.2, -0.15) is 0 Å². The third-order valence-electron chi connectivity index (χ3n) is 3.44. The van der Waals surface area contributed by atoms with Crippen molar-refractivity contribution in [2.24, 2.45) is 0 Å². The van der Waals surface area contributed by atoms with Crippen LogP contribution in [-0.4, -0.2) is 46.1 Å². The first-order valence-corrected chi connectivity index (χ1v) is 8.58. The van der Waals surface area contributed by atoms with Gasteiger partial charge in [0.2, 0.25) is 11.6 Å². The van der Waals surface area contributed by atoms with Crippen LogP contribution in [0.25, 0.3) is 0 Å². The Hall–Kier alpha value is -2.94. The van der Waals surface area contributed by atoms with Gasteiger partial charge in [0.25, 0.3) is 0 Å². The number of nitrogens with one attached hydrogen (secondary N) is 1. The fraction of sp³-hybridized carbons (Fsp3) is 0.353. The van der Waals surface area contributed by atoms with Gasteiger partial charge in [-0.25, -0.2) is 14.3 Å². The number of anilines is 1. The third kappa shape index (κ3) is 5.04. The molecule has 0 aliphatic rings.